The fraction of sp³-hybridized carbons (Fsp3) is 0.111. The van der Waals surface area contributed by atoms with Gasteiger partial charge in [0.15, 0.2) is 11.5 Å². The van der Waals surface area contributed by atoms with Gasteiger partial charge in [-0.15, -0.1) is 12.4 Å². The Labute approximate surface area is 264 Å². The van der Waals surface area contributed by atoms with Crippen LogP contribution >= 0.6 is 12.4 Å². The van der Waals surface area contributed by atoms with Gasteiger partial charge in [-0.1, -0.05) is 97.1 Å². The Morgan fingerprint density at radius 3 is 1.86 bits per heavy atom. The molecule has 1 amide bonds. The van der Waals surface area contributed by atoms with E-state index in [1.54, 1.807) is 31.4 Å². The highest BCUT2D eigenvalue weighted by Crippen LogP contribution is 2.33. The molecule has 5 aromatic rings. The molecule has 7 nitrogen and oxygen atoms in total. The number of nitrogens with one attached hydrogen (secondary N) is 3. The summed E-state index contributed by atoms with van der Waals surface area (Å²) in [4.78, 5) is 14.2. The highest BCUT2D eigenvalue weighted by atomic mass is 35.5. The molecule has 0 saturated carbocycles. The van der Waals surface area contributed by atoms with E-state index in [-0.39, 0.29) is 30.2 Å². The van der Waals surface area contributed by atoms with Crippen molar-refractivity contribution in [2.24, 2.45) is 5.73 Å². The summed E-state index contributed by atoms with van der Waals surface area (Å²) in [6.45, 7) is 0.386. The van der Waals surface area contributed by atoms with Crippen molar-refractivity contribution in [3.8, 4) is 11.5 Å². The number of hydrogen-bond acceptors (Lipinski definition) is 5. The molecule has 0 bridgehead atoms. The standard InChI is InChI=1S/C36H34N4O3.ClH/c1-42-32-23-29(19-22-31(32)43-24-25-11-5-2-6-12-25)34(39-30-20-17-28(18-21-30)35(37)38)36(41)40-33(26-13-7-3-8-14-26)27-15-9-4-10-16-27;/h2-23,33-34,39H,24H2,1H3,(H3,37,38)(H,40,41);1H/t34-;/m0./s1. The predicted molar refractivity (Wildman–Crippen MR) is 178 cm³/mol. The number of benzene rings is 5. The van der Waals surface area contributed by atoms with Crippen molar-refractivity contribution in [3.63, 3.8) is 0 Å². The number of nitrogen functional groups attached to an aromatic ring is 1. The van der Waals surface area contributed by atoms with E-state index in [0.717, 1.165) is 16.7 Å². The molecule has 0 radical (unpaired) electrons. The zero-order chi connectivity index (χ0) is 30.0. The first-order chi connectivity index (χ1) is 21.0. The first kappa shape index (κ1) is 31.7. The van der Waals surface area contributed by atoms with Gasteiger partial charge in [0.25, 0.3) is 0 Å². The second kappa shape index (κ2) is 15.3. The summed E-state index contributed by atoms with van der Waals surface area (Å²) in [5.74, 6) is 0.840. The molecule has 5 N–H and O–H groups in total. The summed E-state index contributed by atoms with van der Waals surface area (Å²) < 4.78 is 11.8. The van der Waals surface area contributed by atoms with E-state index in [2.05, 4.69) is 10.6 Å². The van der Waals surface area contributed by atoms with Gasteiger partial charge in [-0.3, -0.25) is 10.2 Å². The molecule has 224 valence electrons. The molecule has 0 fully saturated rings. The lowest BCUT2D eigenvalue weighted by Crippen LogP contribution is -2.36. The Bertz CT molecular complexity index is 1610. The third-order valence-electron chi connectivity index (χ3n) is 7.08. The highest BCUT2D eigenvalue weighted by Gasteiger charge is 2.26. The van der Waals surface area contributed by atoms with Crippen LogP contribution in [0.2, 0.25) is 0 Å². The van der Waals surface area contributed by atoms with E-state index in [4.69, 9.17) is 20.6 Å². The van der Waals surface area contributed by atoms with Gasteiger partial charge in [0.2, 0.25) is 5.91 Å². The van der Waals surface area contributed by atoms with Crippen LogP contribution in [-0.2, 0) is 11.4 Å². The summed E-state index contributed by atoms with van der Waals surface area (Å²) in [6.07, 6.45) is 0. The minimum absolute atomic E-state index is 0. The summed E-state index contributed by atoms with van der Waals surface area (Å²) in [5, 5.41) is 14.4. The van der Waals surface area contributed by atoms with E-state index in [1.807, 2.05) is 109 Å². The van der Waals surface area contributed by atoms with Crippen molar-refractivity contribution in [1.82, 2.24) is 5.32 Å². The number of halogens is 1. The molecule has 5 aromatic carbocycles. The van der Waals surface area contributed by atoms with Gasteiger partial charge in [0.05, 0.1) is 13.2 Å². The van der Waals surface area contributed by atoms with Crippen LogP contribution in [0.1, 0.15) is 39.9 Å². The van der Waals surface area contributed by atoms with Gasteiger partial charge in [0.1, 0.15) is 18.5 Å². The summed E-state index contributed by atoms with van der Waals surface area (Å²) >= 11 is 0. The van der Waals surface area contributed by atoms with Crippen LogP contribution in [0.15, 0.2) is 133 Å². The molecule has 5 rings (SSSR count). The average molecular weight is 607 g/mol. The first-order valence-electron chi connectivity index (χ1n) is 14.0. The minimum Gasteiger partial charge on any atom is -0.493 e. The first-order valence-corrected chi connectivity index (χ1v) is 14.0. The Balaban J connectivity index is 0.00000442. The van der Waals surface area contributed by atoms with Crippen LogP contribution in [0.3, 0.4) is 0 Å². The van der Waals surface area contributed by atoms with Gasteiger partial charge < -0.3 is 25.8 Å². The maximum atomic E-state index is 14.2. The third-order valence-corrected chi connectivity index (χ3v) is 7.08. The lowest BCUT2D eigenvalue weighted by molar-refractivity contribution is -0.122. The predicted octanol–water partition coefficient (Wildman–Crippen LogP) is 7.04. The van der Waals surface area contributed by atoms with Crippen molar-refractivity contribution < 1.29 is 14.3 Å². The molecule has 44 heavy (non-hydrogen) atoms. The van der Waals surface area contributed by atoms with Gasteiger partial charge in [-0.05, 0) is 58.7 Å². The fourth-order valence-corrected chi connectivity index (χ4v) is 4.81. The molecule has 0 aliphatic carbocycles. The number of carbonyl (C=O) groups is 1. The number of rotatable bonds is 12. The highest BCUT2D eigenvalue weighted by molar-refractivity contribution is 5.95. The van der Waals surface area contributed by atoms with E-state index in [9.17, 15) is 4.79 Å². The molecule has 0 unspecified atom stereocenters. The molecule has 0 spiro atoms. The van der Waals surface area contributed by atoms with Crippen LogP contribution in [0.5, 0.6) is 11.5 Å². The number of methoxy groups -OCH3 is 1. The van der Waals surface area contributed by atoms with E-state index in [1.165, 1.54) is 0 Å². The van der Waals surface area contributed by atoms with E-state index in [0.29, 0.717) is 34.9 Å². The number of hydrogen-bond donors (Lipinski definition) is 4. The lowest BCUT2D eigenvalue weighted by atomic mass is 9.97. The molecule has 0 aliphatic rings. The maximum absolute atomic E-state index is 14.2. The number of carbonyl (C=O) groups excluding carboxylic acids is 1. The zero-order valence-electron chi connectivity index (χ0n) is 24.3. The molecular formula is C36H35ClN4O3. The number of amides is 1. The SMILES string of the molecule is COc1cc([C@H](Nc2ccc(C(=N)N)cc2)C(=O)NC(c2ccccc2)c2ccccc2)ccc1OCc1ccccc1.Cl. The van der Waals surface area contributed by atoms with Crippen molar-refractivity contribution >= 4 is 29.8 Å². The topological polar surface area (TPSA) is 109 Å². The van der Waals surface area contributed by atoms with Crippen molar-refractivity contribution in [2.45, 2.75) is 18.7 Å². The number of ether oxygens (including phenoxy) is 2. The molecule has 1 atom stereocenters. The van der Waals surface area contributed by atoms with Crippen molar-refractivity contribution in [2.75, 3.05) is 12.4 Å². The van der Waals surface area contributed by atoms with Crippen LogP contribution in [0.25, 0.3) is 0 Å². The summed E-state index contributed by atoms with van der Waals surface area (Å²) in [6, 6.07) is 41.1. The Kier molecular flexibility index (Phi) is 11.0. The number of nitrogens with two attached hydrogens (primary N) is 1. The van der Waals surface area contributed by atoms with Gasteiger partial charge >= 0.3 is 0 Å². The minimum atomic E-state index is -0.782. The monoisotopic (exact) mass is 606 g/mol. The average Bonchev–Trinajstić information content (AvgIpc) is 3.06. The number of anilines is 1. The Morgan fingerprint density at radius 1 is 0.750 bits per heavy atom. The quantitative estimate of drug-likeness (QED) is 0.0899. The molecular weight excluding hydrogens is 572 g/mol. The summed E-state index contributed by atoms with van der Waals surface area (Å²) in [7, 11) is 1.58. The van der Waals surface area contributed by atoms with Crippen LogP contribution in [0, 0.1) is 5.41 Å². The second-order valence-corrected chi connectivity index (χ2v) is 10.0. The maximum Gasteiger partial charge on any atom is 0.247 e. The van der Waals surface area contributed by atoms with Crippen LogP contribution < -0.4 is 25.8 Å². The molecule has 0 heterocycles. The van der Waals surface area contributed by atoms with Crippen LogP contribution in [0.4, 0.5) is 5.69 Å². The normalized spacial score (nSPS) is 11.1. The zero-order valence-corrected chi connectivity index (χ0v) is 25.1. The second-order valence-electron chi connectivity index (χ2n) is 10.0. The molecule has 8 heteroatoms. The van der Waals surface area contributed by atoms with Gasteiger partial charge in [0, 0.05) is 11.3 Å². The molecule has 0 aromatic heterocycles. The van der Waals surface area contributed by atoms with E-state index < -0.39 is 6.04 Å². The molecule has 0 aliphatic heterocycles. The third kappa shape index (κ3) is 7.96. The number of amidine groups is 1. The smallest absolute Gasteiger partial charge is 0.247 e. The van der Waals surface area contributed by atoms with Crippen LogP contribution in [-0.4, -0.2) is 18.9 Å². The Morgan fingerprint density at radius 2 is 1.32 bits per heavy atom. The van der Waals surface area contributed by atoms with E-state index >= 15 is 0 Å². The van der Waals surface area contributed by atoms with Crippen molar-refractivity contribution in [3.05, 3.63) is 161 Å². The Hall–Kier alpha value is -5.27. The lowest BCUT2D eigenvalue weighted by Gasteiger charge is -2.26. The molecule has 0 saturated heterocycles. The van der Waals surface area contributed by atoms with Crippen molar-refractivity contribution in [1.29, 1.82) is 5.41 Å². The summed E-state index contributed by atoms with van der Waals surface area (Å²) in [5.41, 5.74) is 10.6. The fourth-order valence-electron chi connectivity index (χ4n) is 4.81. The largest absolute Gasteiger partial charge is 0.493 e. The van der Waals surface area contributed by atoms with Gasteiger partial charge in [-0.2, -0.15) is 0 Å². The van der Waals surface area contributed by atoms with Gasteiger partial charge in [-0.25, -0.2) is 0 Å².